The summed E-state index contributed by atoms with van der Waals surface area (Å²) in [5.74, 6) is -0.0824. The Bertz CT molecular complexity index is 847. The predicted octanol–water partition coefficient (Wildman–Crippen LogP) is 2.50. The molecule has 36 heavy (non-hydrogen) atoms. The van der Waals surface area contributed by atoms with Crippen LogP contribution in [0.4, 0.5) is 0 Å². The third-order valence-corrected chi connectivity index (χ3v) is 12.2. The van der Waals surface area contributed by atoms with E-state index in [0.29, 0.717) is 37.5 Å². The van der Waals surface area contributed by atoms with E-state index in [-0.39, 0.29) is 46.9 Å². The zero-order valence-corrected chi connectivity index (χ0v) is 22.6. The SMILES string of the molecule is CC(C)C1CC(O)OC(C(C)C2CC(=O)C3C4C(CC[C@]23C)[C@@]2(C)CC[C@@H](O)[C@H](O)C2[C@@H](O)[C@@H]4O)C1. The van der Waals surface area contributed by atoms with Crippen molar-refractivity contribution in [3.8, 4) is 0 Å². The molecule has 5 aliphatic rings. The number of hydrogen-bond donors (Lipinski definition) is 5. The highest BCUT2D eigenvalue weighted by Crippen LogP contribution is 2.67. The van der Waals surface area contributed by atoms with E-state index in [1.807, 2.05) is 0 Å². The molecule has 1 saturated heterocycles. The van der Waals surface area contributed by atoms with Gasteiger partial charge in [0.2, 0.25) is 0 Å². The number of ether oxygens (including phenoxy) is 1. The van der Waals surface area contributed by atoms with Gasteiger partial charge in [0.15, 0.2) is 6.29 Å². The van der Waals surface area contributed by atoms with Crippen LogP contribution < -0.4 is 0 Å². The van der Waals surface area contributed by atoms with Gasteiger partial charge >= 0.3 is 0 Å². The van der Waals surface area contributed by atoms with Gasteiger partial charge in [-0.1, -0.05) is 34.6 Å². The third-order valence-electron chi connectivity index (χ3n) is 12.2. The lowest BCUT2D eigenvalue weighted by atomic mass is 9.42. The molecule has 7 nitrogen and oxygen atoms in total. The van der Waals surface area contributed by atoms with Crippen molar-refractivity contribution in [2.75, 3.05) is 0 Å². The minimum atomic E-state index is -1.17. The van der Waals surface area contributed by atoms with Crippen LogP contribution in [-0.4, -0.2) is 68.1 Å². The number of fused-ring (bicyclic) bond motifs is 5. The van der Waals surface area contributed by atoms with Crippen LogP contribution >= 0.6 is 0 Å². The first-order valence-corrected chi connectivity index (χ1v) is 14.4. The number of carbonyl (C=O) groups is 1. The molecule has 9 unspecified atom stereocenters. The molecule has 5 rings (SSSR count). The first kappa shape index (κ1) is 27.0. The lowest BCUT2D eigenvalue weighted by Gasteiger charge is -2.64. The summed E-state index contributed by atoms with van der Waals surface area (Å²) in [5, 5.41) is 54.3. The van der Waals surface area contributed by atoms with Gasteiger partial charge in [-0.25, -0.2) is 0 Å². The summed E-state index contributed by atoms with van der Waals surface area (Å²) in [6, 6.07) is 0. The Labute approximate surface area is 215 Å². The van der Waals surface area contributed by atoms with Crippen molar-refractivity contribution in [1.29, 1.82) is 0 Å². The molecule has 1 heterocycles. The second kappa shape index (κ2) is 9.27. The number of Topliss-reactive ketones (excluding diaryl/α,β-unsaturated/α-hetero) is 1. The van der Waals surface area contributed by atoms with E-state index >= 15 is 0 Å². The highest BCUT2D eigenvalue weighted by Gasteiger charge is 2.69. The van der Waals surface area contributed by atoms with Crippen LogP contribution in [0.5, 0.6) is 0 Å². The zero-order valence-electron chi connectivity index (χ0n) is 22.6. The fourth-order valence-electron chi connectivity index (χ4n) is 10.1. The lowest BCUT2D eigenvalue weighted by molar-refractivity contribution is -0.251. The van der Waals surface area contributed by atoms with E-state index in [4.69, 9.17) is 4.74 Å². The van der Waals surface area contributed by atoms with Crippen molar-refractivity contribution in [2.45, 2.75) is 116 Å². The second-order valence-corrected chi connectivity index (χ2v) is 14.1. The molecule has 0 aromatic heterocycles. The van der Waals surface area contributed by atoms with Gasteiger partial charge in [-0.15, -0.1) is 0 Å². The van der Waals surface area contributed by atoms with Crippen molar-refractivity contribution >= 4 is 5.78 Å². The molecule has 5 N–H and O–H groups in total. The monoisotopic (exact) mass is 508 g/mol. The van der Waals surface area contributed by atoms with Crippen molar-refractivity contribution in [2.24, 2.45) is 58.2 Å². The first-order chi connectivity index (χ1) is 16.8. The minimum Gasteiger partial charge on any atom is -0.390 e. The molecular formula is C29H48O7. The maximum atomic E-state index is 13.8. The van der Waals surface area contributed by atoms with Crippen molar-refractivity contribution in [3.63, 3.8) is 0 Å². The van der Waals surface area contributed by atoms with Crippen LogP contribution in [-0.2, 0) is 9.53 Å². The maximum absolute atomic E-state index is 13.8. The van der Waals surface area contributed by atoms with Crippen LogP contribution in [0, 0.1) is 58.2 Å². The Morgan fingerprint density at radius 2 is 1.56 bits per heavy atom. The second-order valence-electron chi connectivity index (χ2n) is 14.1. The fraction of sp³-hybridized carbons (Fsp3) is 0.966. The Hall–Kier alpha value is -0.570. The largest absolute Gasteiger partial charge is 0.390 e. The highest BCUT2D eigenvalue weighted by molar-refractivity contribution is 5.85. The van der Waals surface area contributed by atoms with Crippen LogP contribution in [0.1, 0.15) is 79.6 Å². The first-order valence-electron chi connectivity index (χ1n) is 14.4. The summed E-state index contributed by atoms with van der Waals surface area (Å²) in [5.41, 5.74) is -0.748. The molecule has 1 aliphatic heterocycles. The minimum absolute atomic E-state index is 0.0113. The molecule has 5 fully saturated rings. The van der Waals surface area contributed by atoms with Crippen molar-refractivity contribution in [1.82, 2.24) is 0 Å². The average Bonchev–Trinajstić information content (AvgIpc) is 3.09. The van der Waals surface area contributed by atoms with Gasteiger partial charge in [-0.3, -0.25) is 4.79 Å². The number of aliphatic hydroxyl groups is 5. The topological polar surface area (TPSA) is 127 Å². The number of hydrogen-bond acceptors (Lipinski definition) is 7. The standard InChI is InChI=1S/C29H48O7/c1-13(2)15-10-20(36-21(32)11-15)14(3)17-12-19(31)23-22-16(6-8-29(17,23)5)28(4)9-7-18(30)25(33)24(28)27(35)26(22)34/h13-18,20-27,30,32-35H,6-12H2,1-5H3/t14?,15?,16?,17?,18-,20?,21?,22?,23?,24?,25+,26-,27-,28-,29-/m1/s1. The highest BCUT2D eigenvalue weighted by atomic mass is 16.6. The molecule has 206 valence electrons. The molecule has 0 spiro atoms. The van der Waals surface area contributed by atoms with Gasteiger partial charge in [0, 0.05) is 30.6 Å². The Kier molecular flexibility index (Phi) is 6.96. The Balaban J connectivity index is 1.44. The third kappa shape index (κ3) is 3.86. The van der Waals surface area contributed by atoms with E-state index in [0.717, 1.165) is 19.3 Å². The number of aliphatic hydroxyl groups excluding tert-OH is 5. The number of rotatable bonds is 3. The van der Waals surface area contributed by atoms with Crippen LogP contribution in [0.2, 0.25) is 0 Å². The number of carbonyl (C=O) groups excluding carboxylic acids is 1. The maximum Gasteiger partial charge on any atom is 0.155 e. The normalized spacial score (nSPS) is 56.1. The fourth-order valence-corrected chi connectivity index (χ4v) is 10.1. The van der Waals surface area contributed by atoms with Gasteiger partial charge in [-0.05, 0) is 72.5 Å². The van der Waals surface area contributed by atoms with Gasteiger partial charge in [-0.2, -0.15) is 0 Å². The molecule has 7 heteroatoms. The molecular weight excluding hydrogens is 460 g/mol. The summed E-state index contributed by atoms with van der Waals surface area (Å²) in [7, 11) is 0. The number of ketones is 1. The van der Waals surface area contributed by atoms with E-state index < -0.39 is 42.0 Å². The summed E-state index contributed by atoms with van der Waals surface area (Å²) < 4.78 is 6.06. The summed E-state index contributed by atoms with van der Waals surface area (Å²) >= 11 is 0. The lowest BCUT2D eigenvalue weighted by Crippen LogP contribution is -2.68. The van der Waals surface area contributed by atoms with Crippen LogP contribution in [0.25, 0.3) is 0 Å². The molecule has 0 aromatic rings. The van der Waals surface area contributed by atoms with Crippen LogP contribution in [0.3, 0.4) is 0 Å². The Morgan fingerprint density at radius 1 is 0.889 bits per heavy atom. The predicted molar refractivity (Wildman–Crippen MR) is 133 cm³/mol. The molecule has 0 amide bonds. The summed E-state index contributed by atoms with van der Waals surface area (Å²) in [6.45, 7) is 10.8. The van der Waals surface area contributed by atoms with Gasteiger partial charge in [0.1, 0.15) is 5.78 Å². The van der Waals surface area contributed by atoms with E-state index in [2.05, 4.69) is 34.6 Å². The van der Waals surface area contributed by atoms with E-state index in [1.165, 1.54) is 0 Å². The zero-order chi connectivity index (χ0) is 26.3. The average molecular weight is 509 g/mol. The molecule has 0 aromatic carbocycles. The molecule has 4 saturated carbocycles. The van der Waals surface area contributed by atoms with Crippen molar-refractivity contribution < 1.29 is 35.1 Å². The molecule has 4 aliphatic carbocycles. The molecule has 0 bridgehead atoms. The van der Waals surface area contributed by atoms with E-state index in [1.54, 1.807) is 0 Å². The van der Waals surface area contributed by atoms with Gasteiger partial charge in [0.05, 0.1) is 30.5 Å². The van der Waals surface area contributed by atoms with E-state index in [9.17, 15) is 30.3 Å². The van der Waals surface area contributed by atoms with Gasteiger partial charge in [0.25, 0.3) is 0 Å². The molecule has 15 atom stereocenters. The molecule has 0 radical (unpaired) electrons. The summed E-state index contributed by atoms with van der Waals surface area (Å²) in [4.78, 5) is 13.8. The quantitative estimate of drug-likeness (QED) is 0.396. The van der Waals surface area contributed by atoms with Crippen molar-refractivity contribution in [3.05, 3.63) is 0 Å². The van der Waals surface area contributed by atoms with Gasteiger partial charge < -0.3 is 30.3 Å². The Morgan fingerprint density at radius 3 is 2.22 bits per heavy atom. The summed E-state index contributed by atoms with van der Waals surface area (Å²) in [6.07, 6.45) is -0.315. The smallest absolute Gasteiger partial charge is 0.155 e. The van der Waals surface area contributed by atoms with Crippen LogP contribution in [0.15, 0.2) is 0 Å².